The van der Waals surface area contributed by atoms with E-state index in [1.807, 2.05) is 48.2 Å². The first kappa shape index (κ1) is 22.8. The van der Waals surface area contributed by atoms with E-state index in [0.717, 1.165) is 30.0 Å². The summed E-state index contributed by atoms with van der Waals surface area (Å²) in [5.74, 6) is 0.661. The van der Waals surface area contributed by atoms with Gasteiger partial charge in [-0.15, -0.1) is 10.2 Å². The number of benzene rings is 1. The fraction of sp³-hybridized carbons (Fsp3) is 0.333. The molecule has 3 heterocycles. The summed E-state index contributed by atoms with van der Waals surface area (Å²) < 4.78 is 5.19. The summed E-state index contributed by atoms with van der Waals surface area (Å²) in [6.07, 6.45) is 2.26. The zero-order valence-electron chi connectivity index (χ0n) is 18.5. The van der Waals surface area contributed by atoms with Crippen molar-refractivity contribution in [2.45, 2.75) is 13.3 Å². The van der Waals surface area contributed by atoms with Gasteiger partial charge in [-0.1, -0.05) is 29.8 Å². The zero-order chi connectivity index (χ0) is 23.2. The van der Waals surface area contributed by atoms with Crippen molar-refractivity contribution >= 4 is 29.2 Å². The molecule has 0 spiro atoms. The van der Waals surface area contributed by atoms with Crippen molar-refractivity contribution < 1.29 is 14.0 Å². The van der Waals surface area contributed by atoms with Gasteiger partial charge >= 0.3 is 0 Å². The molecule has 9 heteroatoms. The number of anilines is 1. The summed E-state index contributed by atoms with van der Waals surface area (Å²) in [6, 6.07) is 14.7. The van der Waals surface area contributed by atoms with Gasteiger partial charge in [-0.05, 0) is 43.7 Å². The Bertz CT molecular complexity index is 1090. The van der Waals surface area contributed by atoms with Crippen LogP contribution in [-0.2, 0) is 4.79 Å². The second-order valence-corrected chi connectivity index (χ2v) is 8.18. The normalized spacial score (nSPS) is 14.1. The molecule has 33 heavy (non-hydrogen) atoms. The average Bonchev–Trinajstić information content (AvgIpc) is 3.27. The Morgan fingerprint density at radius 1 is 1.03 bits per heavy atom. The first-order valence-electron chi connectivity index (χ1n) is 11.0. The minimum Gasteiger partial charge on any atom is -0.459 e. The molecule has 0 bridgehead atoms. The minimum absolute atomic E-state index is 0.0301. The fourth-order valence-corrected chi connectivity index (χ4v) is 4.08. The molecule has 4 rings (SSSR count). The summed E-state index contributed by atoms with van der Waals surface area (Å²) >= 11 is 6.26. The maximum Gasteiger partial charge on any atom is 0.290 e. The predicted octanol–water partition coefficient (Wildman–Crippen LogP) is 3.59. The van der Waals surface area contributed by atoms with Crippen LogP contribution in [0.25, 0.3) is 11.3 Å². The van der Waals surface area contributed by atoms with Crippen molar-refractivity contribution in [3.63, 3.8) is 0 Å². The maximum absolute atomic E-state index is 12.9. The minimum atomic E-state index is -0.277. The van der Waals surface area contributed by atoms with E-state index in [-0.39, 0.29) is 24.1 Å². The predicted molar refractivity (Wildman–Crippen MR) is 126 cm³/mol. The molecule has 0 aliphatic carbocycles. The second kappa shape index (κ2) is 10.5. The second-order valence-electron chi connectivity index (χ2n) is 7.77. The Hall–Kier alpha value is -3.39. The Balaban J connectivity index is 1.36. The number of rotatable bonds is 6. The largest absolute Gasteiger partial charge is 0.459 e. The van der Waals surface area contributed by atoms with Crippen molar-refractivity contribution in [2.75, 3.05) is 44.2 Å². The lowest BCUT2D eigenvalue weighted by atomic mass is 10.1. The third kappa shape index (κ3) is 5.34. The van der Waals surface area contributed by atoms with Crippen molar-refractivity contribution in [3.05, 3.63) is 65.6 Å². The van der Waals surface area contributed by atoms with Crippen LogP contribution >= 0.6 is 11.6 Å². The highest BCUT2D eigenvalue weighted by atomic mass is 35.5. The molecular formula is C24H26ClN5O3. The number of amides is 2. The van der Waals surface area contributed by atoms with Crippen molar-refractivity contribution in [2.24, 2.45) is 0 Å². The molecule has 1 aromatic carbocycles. The molecule has 1 aliphatic heterocycles. The molecule has 2 aromatic heterocycles. The van der Waals surface area contributed by atoms with Crippen LogP contribution in [0.5, 0.6) is 0 Å². The third-order valence-electron chi connectivity index (χ3n) is 5.70. The van der Waals surface area contributed by atoms with Crippen molar-refractivity contribution in [1.82, 2.24) is 20.0 Å². The summed E-state index contributed by atoms with van der Waals surface area (Å²) in [6.45, 7) is 4.91. The Morgan fingerprint density at radius 2 is 1.88 bits per heavy atom. The zero-order valence-corrected chi connectivity index (χ0v) is 19.2. The molecule has 2 amide bonds. The van der Waals surface area contributed by atoms with Crippen molar-refractivity contribution in [3.8, 4) is 11.3 Å². The van der Waals surface area contributed by atoms with E-state index in [0.29, 0.717) is 31.2 Å². The van der Waals surface area contributed by atoms with E-state index in [4.69, 9.17) is 16.0 Å². The van der Waals surface area contributed by atoms with Gasteiger partial charge < -0.3 is 19.1 Å². The van der Waals surface area contributed by atoms with Gasteiger partial charge in [0.2, 0.25) is 5.91 Å². The van der Waals surface area contributed by atoms with Crippen LogP contribution in [0.3, 0.4) is 0 Å². The van der Waals surface area contributed by atoms with Gasteiger partial charge in [-0.2, -0.15) is 0 Å². The van der Waals surface area contributed by atoms with E-state index in [9.17, 15) is 9.59 Å². The lowest BCUT2D eigenvalue weighted by Gasteiger charge is -2.26. The van der Waals surface area contributed by atoms with E-state index in [1.54, 1.807) is 12.1 Å². The quantitative estimate of drug-likeness (QED) is 0.551. The van der Waals surface area contributed by atoms with E-state index < -0.39 is 0 Å². The van der Waals surface area contributed by atoms with Gasteiger partial charge in [0, 0.05) is 38.3 Å². The van der Waals surface area contributed by atoms with Gasteiger partial charge in [-0.3, -0.25) is 9.59 Å². The molecule has 1 aliphatic rings. The number of hydrogen-bond donors (Lipinski definition) is 0. The molecule has 0 N–H and O–H groups in total. The number of halogens is 1. The third-order valence-corrected chi connectivity index (χ3v) is 6.03. The van der Waals surface area contributed by atoms with E-state index >= 15 is 0 Å². The lowest BCUT2D eigenvalue weighted by molar-refractivity contribution is -0.131. The van der Waals surface area contributed by atoms with Crippen LogP contribution in [0.15, 0.2) is 59.2 Å². The van der Waals surface area contributed by atoms with E-state index in [1.165, 1.54) is 11.2 Å². The molecule has 1 saturated heterocycles. The van der Waals surface area contributed by atoms with Gasteiger partial charge in [0.1, 0.15) is 6.54 Å². The fourth-order valence-electron chi connectivity index (χ4n) is 3.85. The number of furan rings is 1. The number of aromatic nitrogens is 2. The number of hydrogen-bond acceptors (Lipinski definition) is 6. The monoisotopic (exact) mass is 467 g/mol. The van der Waals surface area contributed by atoms with Crippen molar-refractivity contribution in [1.29, 1.82) is 0 Å². The lowest BCUT2D eigenvalue weighted by Crippen LogP contribution is -2.44. The molecule has 172 valence electrons. The molecular weight excluding hydrogens is 442 g/mol. The maximum atomic E-state index is 12.9. The summed E-state index contributed by atoms with van der Waals surface area (Å²) in [7, 11) is 0. The topological polar surface area (TPSA) is 82.8 Å². The smallest absolute Gasteiger partial charge is 0.290 e. The molecule has 8 nitrogen and oxygen atoms in total. The van der Waals surface area contributed by atoms with Crippen LogP contribution in [0, 0.1) is 0 Å². The molecule has 0 unspecified atom stereocenters. The SMILES string of the molecule is CCN(CC(=O)N1CCCN(c2ccc(-c3ccccc3Cl)nn2)CC1)C(=O)c1ccco1. The summed E-state index contributed by atoms with van der Waals surface area (Å²) in [5.41, 5.74) is 1.56. The number of carbonyl (C=O) groups is 2. The molecule has 0 atom stereocenters. The van der Waals surface area contributed by atoms with Crippen LogP contribution in [0.2, 0.25) is 5.02 Å². The Kier molecular flexibility index (Phi) is 7.24. The Labute approximate surface area is 197 Å². The number of nitrogens with zero attached hydrogens (tertiary/aromatic N) is 5. The molecule has 0 saturated carbocycles. The average molecular weight is 468 g/mol. The van der Waals surface area contributed by atoms with Gasteiger partial charge in [0.25, 0.3) is 5.91 Å². The van der Waals surface area contributed by atoms with Crippen LogP contribution in [0.1, 0.15) is 23.9 Å². The number of carbonyl (C=O) groups excluding carboxylic acids is 2. The van der Waals surface area contributed by atoms with Gasteiger partial charge in [0.15, 0.2) is 11.6 Å². The van der Waals surface area contributed by atoms with Crippen LogP contribution in [0.4, 0.5) is 5.82 Å². The first-order chi connectivity index (χ1) is 16.1. The van der Waals surface area contributed by atoms with Crippen LogP contribution < -0.4 is 4.90 Å². The molecule has 3 aromatic rings. The molecule has 1 fully saturated rings. The first-order valence-corrected chi connectivity index (χ1v) is 11.4. The Morgan fingerprint density at radius 3 is 2.58 bits per heavy atom. The number of likely N-dealkylation sites (N-methyl/N-ethyl adjacent to an activating group) is 1. The highest BCUT2D eigenvalue weighted by molar-refractivity contribution is 6.33. The summed E-state index contributed by atoms with van der Waals surface area (Å²) in [5, 5.41) is 9.38. The van der Waals surface area contributed by atoms with E-state index in [2.05, 4.69) is 15.1 Å². The van der Waals surface area contributed by atoms with Gasteiger partial charge in [0.05, 0.1) is 17.0 Å². The summed E-state index contributed by atoms with van der Waals surface area (Å²) in [4.78, 5) is 30.9. The standard InChI is InChI=1S/C24H26ClN5O3/c1-2-28(24(32)21-9-5-16-33-21)17-23(31)30-13-6-12-29(14-15-30)22-11-10-20(26-27-22)18-7-3-4-8-19(18)25/h3-5,7-11,16H,2,6,12-15,17H2,1H3. The van der Waals surface area contributed by atoms with Crippen LogP contribution in [-0.4, -0.2) is 71.1 Å². The highest BCUT2D eigenvalue weighted by Gasteiger charge is 2.25. The highest BCUT2D eigenvalue weighted by Crippen LogP contribution is 2.26. The van der Waals surface area contributed by atoms with Gasteiger partial charge in [-0.25, -0.2) is 0 Å². The molecule has 0 radical (unpaired) electrons.